The number of rotatable bonds is 4. The second kappa shape index (κ2) is 12.0. The molecule has 0 aliphatic rings. The van der Waals surface area contributed by atoms with Gasteiger partial charge in [0.1, 0.15) is 0 Å². The van der Waals surface area contributed by atoms with Gasteiger partial charge in [-0.3, -0.25) is 0 Å². The highest BCUT2D eigenvalue weighted by atomic mass is 14.3. The molecule has 2 rings (SSSR count). The van der Waals surface area contributed by atoms with Crippen molar-refractivity contribution in [1.29, 1.82) is 0 Å². The smallest absolute Gasteiger partial charge is 0.0117 e. The molecule has 0 radical (unpaired) electrons. The van der Waals surface area contributed by atoms with Crippen molar-refractivity contribution in [2.24, 2.45) is 11.8 Å². The third kappa shape index (κ3) is 6.05. The van der Waals surface area contributed by atoms with Crippen LogP contribution in [0.25, 0.3) is 0 Å². The van der Waals surface area contributed by atoms with E-state index in [1.165, 1.54) is 11.1 Å². The molecule has 0 aromatic heterocycles. The highest BCUT2D eigenvalue weighted by Gasteiger charge is 2.23. The van der Waals surface area contributed by atoms with Gasteiger partial charge >= 0.3 is 0 Å². The van der Waals surface area contributed by atoms with Crippen molar-refractivity contribution in [3.8, 4) is 0 Å². The van der Waals surface area contributed by atoms with E-state index in [4.69, 9.17) is 0 Å². The normalized spacial score (nSPS) is 11.1. The van der Waals surface area contributed by atoms with E-state index in [0.29, 0.717) is 17.8 Å². The molecule has 2 aromatic carbocycles. The Morgan fingerprint density at radius 1 is 0.545 bits per heavy atom. The van der Waals surface area contributed by atoms with Crippen molar-refractivity contribution in [1.82, 2.24) is 0 Å². The quantitative estimate of drug-likeness (QED) is 0.561. The summed E-state index contributed by atoms with van der Waals surface area (Å²) in [5.41, 5.74) is 2.84. The van der Waals surface area contributed by atoms with Gasteiger partial charge in [-0.15, -0.1) is 0 Å². The highest BCUT2D eigenvalue weighted by molar-refractivity contribution is 5.33. The topological polar surface area (TPSA) is 0 Å². The maximum absolute atomic E-state index is 2.36. The largest absolute Gasteiger partial charge is 0.0683 e. The molecule has 0 spiro atoms. The lowest BCUT2D eigenvalue weighted by Crippen LogP contribution is -2.16. The first-order valence-electron chi connectivity index (χ1n) is 8.80. The van der Waals surface area contributed by atoms with Gasteiger partial charge in [0.25, 0.3) is 0 Å². The van der Waals surface area contributed by atoms with Crippen molar-refractivity contribution in [2.45, 2.75) is 54.4 Å². The van der Waals surface area contributed by atoms with Crippen molar-refractivity contribution < 1.29 is 0 Å². The van der Waals surface area contributed by atoms with Crippen LogP contribution in [0.1, 0.15) is 65.5 Å². The zero-order chi connectivity index (χ0) is 17.0. The van der Waals surface area contributed by atoms with Crippen LogP contribution < -0.4 is 0 Å². The molecular formula is C22H34. The summed E-state index contributed by atoms with van der Waals surface area (Å²) in [4.78, 5) is 0. The molecule has 1 unspecified atom stereocenters. The van der Waals surface area contributed by atoms with E-state index < -0.39 is 0 Å². The lowest BCUT2D eigenvalue weighted by atomic mass is 9.76. The predicted molar refractivity (Wildman–Crippen MR) is 101 cm³/mol. The molecule has 0 aliphatic carbocycles. The van der Waals surface area contributed by atoms with E-state index in [9.17, 15) is 0 Å². The van der Waals surface area contributed by atoms with Crippen LogP contribution in [0.4, 0.5) is 0 Å². The first kappa shape index (κ1) is 20.4. The fourth-order valence-corrected chi connectivity index (χ4v) is 2.51. The molecule has 0 N–H and O–H groups in total. The number of hydrogen-bond acceptors (Lipinski definition) is 0. The summed E-state index contributed by atoms with van der Waals surface area (Å²) in [6, 6.07) is 21.7. The average Bonchev–Trinajstić information content (AvgIpc) is 2.60. The molecule has 22 heavy (non-hydrogen) atoms. The Hall–Kier alpha value is -1.56. The van der Waals surface area contributed by atoms with E-state index >= 15 is 0 Å². The molecule has 122 valence electrons. The van der Waals surface area contributed by atoms with Crippen molar-refractivity contribution in [2.75, 3.05) is 0 Å². The predicted octanol–water partition coefficient (Wildman–Crippen LogP) is 7.16. The molecule has 0 saturated heterocycles. The Balaban J connectivity index is 0.00000102. The minimum Gasteiger partial charge on any atom is -0.0683 e. The molecule has 0 saturated carbocycles. The van der Waals surface area contributed by atoms with Crippen LogP contribution >= 0.6 is 0 Å². The van der Waals surface area contributed by atoms with Crippen LogP contribution in [-0.2, 0) is 0 Å². The minimum absolute atomic E-state index is 0.493. The fourth-order valence-electron chi connectivity index (χ4n) is 2.51. The van der Waals surface area contributed by atoms with Crippen molar-refractivity contribution in [3.05, 3.63) is 71.8 Å². The highest BCUT2D eigenvalue weighted by Crippen LogP contribution is 2.35. The lowest BCUT2D eigenvalue weighted by molar-refractivity contribution is 0.378. The summed E-state index contributed by atoms with van der Waals surface area (Å²) in [7, 11) is 0. The van der Waals surface area contributed by atoms with Gasteiger partial charge in [-0.05, 0) is 23.0 Å². The van der Waals surface area contributed by atoms with Crippen LogP contribution in [-0.4, -0.2) is 0 Å². The van der Waals surface area contributed by atoms with Gasteiger partial charge in [0.2, 0.25) is 0 Å². The van der Waals surface area contributed by atoms with Crippen LogP contribution in [0.2, 0.25) is 0 Å². The van der Waals surface area contributed by atoms with E-state index in [-0.39, 0.29) is 0 Å². The standard InChI is InChI=1S/C18H22.2C2H6/c1-14(2)15(3)18(16-10-6-4-7-11-16)17-12-8-5-9-13-17;2*1-2/h4-15,18H,1-3H3;2*1-2H3. The Labute approximate surface area is 138 Å². The summed E-state index contributed by atoms with van der Waals surface area (Å²) >= 11 is 0. The summed E-state index contributed by atoms with van der Waals surface area (Å²) in [5, 5.41) is 0. The van der Waals surface area contributed by atoms with E-state index in [1.807, 2.05) is 27.7 Å². The van der Waals surface area contributed by atoms with E-state index in [1.54, 1.807) is 0 Å². The van der Waals surface area contributed by atoms with Gasteiger partial charge in [-0.25, -0.2) is 0 Å². The third-order valence-corrected chi connectivity index (χ3v) is 3.89. The average molecular weight is 299 g/mol. The van der Waals surface area contributed by atoms with Crippen molar-refractivity contribution >= 4 is 0 Å². The summed E-state index contributed by atoms with van der Waals surface area (Å²) in [5.74, 6) is 1.80. The Morgan fingerprint density at radius 2 is 0.864 bits per heavy atom. The zero-order valence-corrected chi connectivity index (χ0v) is 15.5. The van der Waals surface area contributed by atoms with Gasteiger partial charge in [-0.1, -0.05) is 109 Å². The summed E-state index contributed by atoms with van der Waals surface area (Å²) in [6.07, 6.45) is 0. The molecule has 1 atom stereocenters. The SMILES string of the molecule is CC.CC.CC(C)C(C)C(c1ccccc1)c1ccccc1. The first-order valence-corrected chi connectivity index (χ1v) is 8.80. The maximum atomic E-state index is 2.36. The van der Waals surface area contributed by atoms with E-state index in [0.717, 1.165) is 0 Å². The molecule has 0 heterocycles. The lowest BCUT2D eigenvalue weighted by Gasteiger charge is -2.28. The van der Waals surface area contributed by atoms with E-state index in [2.05, 4.69) is 81.4 Å². The summed E-state index contributed by atoms with van der Waals surface area (Å²) in [6.45, 7) is 15.0. The molecule has 0 amide bonds. The molecule has 0 bridgehead atoms. The molecule has 2 aromatic rings. The second-order valence-electron chi connectivity index (χ2n) is 5.40. The molecular weight excluding hydrogens is 264 g/mol. The van der Waals surface area contributed by atoms with Crippen molar-refractivity contribution in [3.63, 3.8) is 0 Å². The molecule has 0 aliphatic heterocycles. The van der Waals surface area contributed by atoms with Gasteiger partial charge in [0.15, 0.2) is 0 Å². The van der Waals surface area contributed by atoms with Crippen LogP contribution in [0, 0.1) is 11.8 Å². The van der Waals surface area contributed by atoms with Gasteiger partial charge in [0, 0.05) is 5.92 Å². The zero-order valence-electron chi connectivity index (χ0n) is 15.5. The fraction of sp³-hybridized carbons (Fsp3) is 0.455. The molecule has 0 nitrogen and oxygen atoms in total. The van der Waals surface area contributed by atoms with Crippen LogP contribution in [0.3, 0.4) is 0 Å². The van der Waals surface area contributed by atoms with Crippen LogP contribution in [0.15, 0.2) is 60.7 Å². The number of benzene rings is 2. The first-order chi connectivity index (χ1) is 10.7. The Kier molecular flexibility index (Phi) is 11.2. The Morgan fingerprint density at radius 3 is 1.14 bits per heavy atom. The molecule has 0 heteroatoms. The Bertz CT molecular complexity index is 416. The van der Waals surface area contributed by atoms with Crippen LogP contribution in [0.5, 0.6) is 0 Å². The number of hydrogen-bond donors (Lipinski definition) is 0. The maximum Gasteiger partial charge on any atom is 0.0117 e. The van der Waals surface area contributed by atoms with Gasteiger partial charge in [-0.2, -0.15) is 0 Å². The molecule has 0 fully saturated rings. The van der Waals surface area contributed by atoms with Gasteiger partial charge < -0.3 is 0 Å². The third-order valence-electron chi connectivity index (χ3n) is 3.89. The van der Waals surface area contributed by atoms with Gasteiger partial charge in [0.05, 0.1) is 0 Å². The monoisotopic (exact) mass is 298 g/mol. The summed E-state index contributed by atoms with van der Waals surface area (Å²) < 4.78 is 0. The minimum atomic E-state index is 0.493. The second-order valence-corrected chi connectivity index (χ2v) is 5.40.